The molecule has 28 heavy (non-hydrogen) atoms. The lowest BCUT2D eigenvalue weighted by atomic mass is 10.1. The smallest absolute Gasteiger partial charge is 0.173 e. The fourth-order valence-electron chi connectivity index (χ4n) is 3.82. The van der Waals surface area contributed by atoms with Gasteiger partial charge in [-0.15, -0.1) is 0 Å². The lowest BCUT2D eigenvalue weighted by molar-refractivity contribution is 0.573. The molecule has 1 saturated heterocycles. The number of halogens is 1. The maximum Gasteiger partial charge on any atom is 0.173 e. The van der Waals surface area contributed by atoms with Gasteiger partial charge in [0.25, 0.3) is 0 Å². The lowest BCUT2D eigenvalue weighted by Gasteiger charge is -2.28. The fraction of sp³-hybridized carbons (Fsp3) is 0.350. The van der Waals surface area contributed by atoms with E-state index < -0.39 is 0 Å². The van der Waals surface area contributed by atoms with Crippen LogP contribution in [0.2, 0.25) is 0 Å². The summed E-state index contributed by atoms with van der Waals surface area (Å²) in [5, 5.41) is 8.03. The quantitative estimate of drug-likeness (QED) is 0.520. The molecule has 0 radical (unpaired) electrons. The minimum atomic E-state index is 0.697. The van der Waals surface area contributed by atoms with Crippen molar-refractivity contribution in [1.29, 1.82) is 0 Å². The van der Waals surface area contributed by atoms with Gasteiger partial charge < -0.3 is 14.8 Å². The van der Waals surface area contributed by atoms with E-state index in [2.05, 4.69) is 60.5 Å². The van der Waals surface area contributed by atoms with E-state index in [1.54, 1.807) is 6.20 Å². The number of nitrogens with one attached hydrogen (secondary N) is 1. The van der Waals surface area contributed by atoms with Crippen LogP contribution in [-0.2, 0) is 13.6 Å². The first kappa shape index (κ1) is 17.5. The molecule has 0 aliphatic carbocycles. The van der Waals surface area contributed by atoms with E-state index in [0.29, 0.717) is 6.54 Å². The summed E-state index contributed by atoms with van der Waals surface area (Å²) in [6, 6.07) is 8.49. The Labute approximate surface area is 171 Å². The zero-order valence-electron chi connectivity index (χ0n) is 15.8. The minimum absolute atomic E-state index is 0.697. The fourth-order valence-corrected chi connectivity index (χ4v) is 4.17. The highest BCUT2D eigenvalue weighted by molar-refractivity contribution is 9.10. The van der Waals surface area contributed by atoms with E-state index in [9.17, 15) is 0 Å². The second kappa shape index (κ2) is 7.09. The Hall–Kier alpha value is -2.61. The van der Waals surface area contributed by atoms with Crippen molar-refractivity contribution in [1.82, 2.24) is 24.1 Å². The molecule has 0 saturated carbocycles. The maximum atomic E-state index is 4.84. The van der Waals surface area contributed by atoms with Gasteiger partial charge in [-0.05, 0) is 52.9 Å². The molecule has 0 amide bonds. The first-order chi connectivity index (χ1) is 13.7. The van der Waals surface area contributed by atoms with Crippen LogP contribution in [0, 0.1) is 0 Å². The van der Waals surface area contributed by atoms with E-state index >= 15 is 0 Å². The van der Waals surface area contributed by atoms with Crippen molar-refractivity contribution in [3.05, 3.63) is 46.8 Å². The van der Waals surface area contributed by atoms with Gasteiger partial charge in [0.2, 0.25) is 0 Å². The van der Waals surface area contributed by atoms with Crippen molar-refractivity contribution in [2.75, 3.05) is 23.3 Å². The van der Waals surface area contributed by atoms with E-state index in [-0.39, 0.29) is 0 Å². The molecule has 4 aromatic rings. The van der Waals surface area contributed by atoms with Crippen LogP contribution in [-0.4, -0.2) is 37.2 Å². The van der Waals surface area contributed by atoms with Gasteiger partial charge in [-0.3, -0.25) is 0 Å². The number of piperidine rings is 1. The van der Waals surface area contributed by atoms with Crippen LogP contribution in [0.5, 0.6) is 0 Å². The Bertz CT molecular complexity index is 1140. The molecule has 8 heteroatoms. The van der Waals surface area contributed by atoms with Gasteiger partial charge in [0.15, 0.2) is 5.65 Å². The number of imidazole rings is 1. The van der Waals surface area contributed by atoms with Gasteiger partial charge in [0, 0.05) is 32.7 Å². The second-order valence-electron chi connectivity index (χ2n) is 7.31. The van der Waals surface area contributed by atoms with Gasteiger partial charge >= 0.3 is 0 Å². The third kappa shape index (κ3) is 3.11. The molecule has 1 aliphatic rings. The summed E-state index contributed by atoms with van der Waals surface area (Å²) >= 11 is 3.58. The highest BCUT2D eigenvalue weighted by Gasteiger charge is 2.16. The number of rotatable bonds is 4. The Balaban J connectivity index is 1.46. The third-order valence-corrected chi connectivity index (χ3v) is 5.92. The zero-order valence-corrected chi connectivity index (χ0v) is 17.4. The number of aryl methyl sites for hydroxylation is 1. The van der Waals surface area contributed by atoms with E-state index in [0.717, 1.165) is 45.9 Å². The average Bonchev–Trinajstić information content (AvgIpc) is 3.29. The van der Waals surface area contributed by atoms with Crippen LogP contribution in [0.1, 0.15) is 24.8 Å². The number of fused-ring (bicyclic) bond motifs is 2. The van der Waals surface area contributed by atoms with Gasteiger partial charge in [0.05, 0.1) is 28.0 Å². The molecule has 0 unspecified atom stereocenters. The molecule has 1 fully saturated rings. The first-order valence-corrected chi connectivity index (χ1v) is 10.4. The maximum absolute atomic E-state index is 4.84. The SMILES string of the molecule is Cn1cnc2cc(CNc3cc(N4CCCCC4)nc4c(Br)cnn34)ccc21. The molecule has 5 rings (SSSR count). The molecule has 1 aromatic carbocycles. The Morgan fingerprint density at radius 3 is 2.86 bits per heavy atom. The molecule has 3 aromatic heterocycles. The monoisotopic (exact) mass is 439 g/mol. The van der Waals surface area contributed by atoms with Gasteiger partial charge in [-0.25, -0.2) is 9.97 Å². The van der Waals surface area contributed by atoms with E-state index in [1.807, 2.05) is 22.5 Å². The van der Waals surface area contributed by atoms with Gasteiger partial charge in [-0.2, -0.15) is 9.61 Å². The van der Waals surface area contributed by atoms with Crippen molar-refractivity contribution < 1.29 is 0 Å². The Morgan fingerprint density at radius 1 is 1.14 bits per heavy atom. The van der Waals surface area contributed by atoms with Crippen LogP contribution in [0.25, 0.3) is 16.7 Å². The van der Waals surface area contributed by atoms with E-state index in [4.69, 9.17) is 4.98 Å². The predicted octanol–water partition coefficient (Wildman–Crippen LogP) is 3.98. The molecule has 1 aliphatic heterocycles. The molecule has 0 spiro atoms. The summed E-state index contributed by atoms with van der Waals surface area (Å²) < 4.78 is 4.80. The topological polar surface area (TPSA) is 63.3 Å². The number of anilines is 2. The highest BCUT2D eigenvalue weighted by atomic mass is 79.9. The van der Waals surface area contributed by atoms with E-state index in [1.165, 1.54) is 24.8 Å². The molecule has 144 valence electrons. The summed E-state index contributed by atoms with van der Waals surface area (Å²) in [6.45, 7) is 2.82. The number of benzene rings is 1. The third-order valence-electron chi connectivity index (χ3n) is 5.36. The van der Waals surface area contributed by atoms with Crippen molar-refractivity contribution in [3.8, 4) is 0 Å². The number of hydrogen-bond donors (Lipinski definition) is 1. The van der Waals surface area contributed by atoms with Crippen LogP contribution < -0.4 is 10.2 Å². The largest absolute Gasteiger partial charge is 0.366 e. The zero-order chi connectivity index (χ0) is 19.1. The Kier molecular flexibility index (Phi) is 4.43. The number of aromatic nitrogens is 5. The molecular weight excluding hydrogens is 418 g/mol. The van der Waals surface area contributed by atoms with Crippen LogP contribution >= 0.6 is 15.9 Å². The van der Waals surface area contributed by atoms with Crippen LogP contribution in [0.15, 0.2) is 41.3 Å². The second-order valence-corrected chi connectivity index (χ2v) is 8.16. The summed E-state index contributed by atoms with van der Waals surface area (Å²) in [5.74, 6) is 1.95. The molecule has 1 N–H and O–H groups in total. The molecular formula is C20H22BrN7. The van der Waals surface area contributed by atoms with Crippen LogP contribution in [0.4, 0.5) is 11.6 Å². The summed E-state index contributed by atoms with van der Waals surface area (Å²) in [7, 11) is 2.01. The summed E-state index contributed by atoms with van der Waals surface area (Å²) in [4.78, 5) is 11.7. The van der Waals surface area contributed by atoms with Crippen molar-refractivity contribution in [2.45, 2.75) is 25.8 Å². The average molecular weight is 440 g/mol. The molecule has 4 heterocycles. The summed E-state index contributed by atoms with van der Waals surface area (Å²) in [5.41, 5.74) is 4.17. The standard InChI is InChI=1S/C20H22BrN7/c1-26-13-23-16-9-14(5-6-17(16)26)11-22-18-10-19(27-7-3-2-4-8-27)25-20-15(21)12-24-28(18)20/h5-6,9-10,12-13,22H,2-4,7-8,11H2,1H3. The van der Waals surface area contributed by atoms with Crippen molar-refractivity contribution in [3.63, 3.8) is 0 Å². The Morgan fingerprint density at radius 2 is 2.00 bits per heavy atom. The van der Waals surface area contributed by atoms with Crippen molar-refractivity contribution in [2.24, 2.45) is 7.05 Å². The van der Waals surface area contributed by atoms with Crippen molar-refractivity contribution >= 4 is 44.2 Å². The highest BCUT2D eigenvalue weighted by Crippen LogP contribution is 2.26. The molecule has 7 nitrogen and oxygen atoms in total. The van der Waals surface area contributed by atoms with Crippen LogP contribution in [0.3, 0.4) is 0 Å². The normalized spacial score (nSPS) is 14.9. The van der Waals surface area contributed by atoms with Gasteiger partial charge in [-0.1, -0.05) is 6.07 Å². The predicted molar refractivity (Wildman–Crippen MR) is 115 cm³/mol. The minimum Gasteiger partial charge on any atom is -0.366 e. The molecule has 0 bridgehead atoms. The lowest BCUT2D eigenvalue weighted by Crippen LogP contribution is -2.30. The molecule has 0 atom stereocenters. The number of hydrogen-bond acceptors (Lipinski definition) is 5. The number of nitrogens with zero attached hydrogens (tertiary/aromatic N) is 6. The van der Waals surface area contributed by atoms with Gasteiger partial charge in [0.1, 0.15) is 11.6 Å². The first-order valence-electron chi connectivity index (χ1n) is 9.62. The summed E-state index contributed by atoms with van der Waals surface area (Å²) in [6.07, 6.45) is 7.39.